The summed E-state index contributed by atoms with van der Waals surface area (Å²) in [6.45, 7) is 2.22. The number of aryl methyl sites for hydroxylation is 2. The smallest absolute Gasteiger partial charge is 0.0119 e. The second-order valence-electron chi connectivity index (χ2n) is 5.86. The standard InChI is InChI=1S/C18H23NS/c1-2-16-9-10-17(20-16)12-18(19)15-8-7-13-5-3-4-6-14(13)11-15/h3-6,9-10,15,18H,2,7-8,11-12,19H2,1H3. The molecule has 0 saturated carbocycles. The number of rotatable bonds is 4. The summed E-state index contributed by atoms with van der Waals surface area (Å²) in [5.41, 5.74) is 9.54. The highest BCUT2D eigenvalue weighted by atomic mass is 32.1. The van der Waals surface area contributed by atoms with Gasteiger partial charge in [0.2, 0.25) is 0 Å². The first kappa shape index (κ1) is 13.8. The van der Waals surface area contributed by atoms with Crippen LogP contribution in [0.2, 0.25) is 0 Å². The van der Waals surface area contributed by atoms with Crippen molar-refractivity contribution in [3.8, 4) is 0 Å². The first-order valence-electron chi connectivity index (χ1n) is 7.66. The van der Waals surface area contributed by atoms with Gasteiger partial charge in [-0.2, -0.15) is 0 Å². The van der Waals surface area contributed by atoms with E-state index >= 15 is 0 Å². The van der Waals surface area contributed by atoms with Gasteiger partial charge in [0, 0.05) is 15.8 Å². The molecule has 1 aliphatic carbocycles. The van der Waals surface area contributed by atoms with Crippen LogP contribution in [0.5, 0.6) is 0 Å². The Morgan fingerprint density at radius 1 is 1.15 bits per heavy atom. The van der Waals surface area contributed by atoms with Crippen LogP contribution in [0.3, 0.4) is 0 Å². The maximum Gasteiger partial charge on any atom is 0.0119 e. The van der Waals surface area contributed by atoms with Crippen molar-refractivity contribution < 1.29 is 0 Å². The largest absolute Gasteiger partial charge is 0.327 e. The van der Waals surface area contributed by atoms with Gasteiger partial charge in [-0.1, -0.05) is 31.2 Å². The fourth-order valence-electron chi connectivity index (χ4n) is 3.21. The Bertz CT molecular complexity index is 572. The average Bonchev–Trinajstić information content (AvgIpc) is 2.94. The molecule has 106 valence electrons. The zero-order chi connectivity index (χ0) is 13.9. The molecule has 2 atom stereocenters. The minimum atomic E-state index is 0.298. The molecule has 2 heteroatoms. The molecule has 0 bridgehead atoms. The van der Waals surface area contributed by atoms with Gasteiger partial charge in [-0.25, -0.2) is 0 Å². The molecule has 20 heavy (non-hydrogen) atoms. The van der Waals surface area contributed by atoms with Gasteiger partial charge in [0.05, 0.1) is 0 Å². The zero-order valence-electron chi connectivity index (χ0n) is 12.1. The molecule has 0 spiro atoms. The van der Waals surface area contributed by atoms with Gasteiger partial charge < -0.3 is 5.73 Å². The number of thiophene rings is 1. The summed E-state index contributed by atoms with van der Waals surface area (Å²) in [5.74, 6) is 0.636. The molecule has 0 amide bonds. The molecule has 0 saturated heterocycles. The summed E-state index contributed by atoms with van der Waals surface area (Å²) < 4.78 is 0. The van der Waals surface area contributed by atoms with Crippen molar-refractivity contribution >= 4 is 11.3 Å². The molecule has 2 unspecified atom stereocenters. The maximum atomic E-state index is 6.49. The van der Waals surface area contributed by atoms with Crippen molar-refractivity contribution in [3.63, 3.8) is 0 Å². The van der Waals surface area contributed by atoms with E-state index in [0.29, 0.717) is 12.0 Å². The molecule has 0 aliphatic heterocycles. The number of hydrogen-bond acceptors (Lipinski definition) is 2. The Morgan fingerprint density at radius 3 is 2.65 bits per heavy atom. The highest BCUT2D eigenvalue weighted by Crippen LogP contribution is 2.29. The van der Waals surface area contributed by atoms with Crippen molar-refractivity contribution in [1.82, 2.24) is 0 Å². The van der Waals surface area contributed by atoms with Crippen LogP contribution in [0.1, 0.15) is 34.2 Å². The number of fused-ring (bicyclic) bond motifs is 1. The van der Waals surface area contributed by atoms with Crippen LogP contribution in [0.15, 0.2) is 36.4 Å². The maximum absolute atomic E-state index is 6.49. The van der Waals surface area contributed by atoms with E-state index in [4.69, 9.17) is 5.73 Å². The van der Waals surface area contributed by atoms with E-state index in [0.717, 1.165) is 19.3 Å². The first-order valence-corrected chi connectivity index (χ1v) is 8.48. The molecule has 1 nitrogen and oxygen atoms in total. The van der Waals surface area contributed by atoms with Crippen LogP contribution >= 0.6 is 11.3 Å². The molecular weight excluding hydrogens is 262 g/mol. The van der Waals surface area contributed by atoms with Gasteiger partial charge in [-0.15, -0.1) is 11.3 Å². The molecule has 2 aromatic rings. The van der Waals surface area contributed by atoms with E-state index in [2.05, 4.69) is 43.3 Å². The third-order valence-corrected chi connectivity index (χ3v) is 5.74. The Balaban J connectivity index is 1.65. The third-order valence-electron chi connectivity index (χ3n) is 4.49. The monoisotopic (exact) mass is 285 g/mol. The van der Waals surface area contributed by atoms with Crippen molar-refractivity contribution in [1.29, 1.82) is 0 Å². The number of hydrogen-bond donors (Lipinski definition) is 1. The van der Waals surface area contributed by atoms with Crippen LogP contribution in [0, 0.1) is 5.92 Å². The Hall–Kier alpha value is -1.12. The van der Waals surface area contributed by atoms with E-state index in [-0.39, 0.29) is 0 Å². The van der Waals surface area contributed by atoms with Gasteiger partial charge in [-0.05, 0) is 61.3 Å². The van der Waals surface area contributed by atoms with Crippen molar-refractivity contribution in [2.24, 2.45) is 11.7 Å². The van der Waals surface area contributed by atoms with Crippen molar-refractivity contribution in [2.45, 2.75) is 45.1 Å². The molecule has 0 radical (unpaired) electrons. The summed E-state index contributed by atoms with van der Waals surface area (Å²) in [6.07, 6.45) is 5.76. The Morgan fingerprint density at radius 2 is 1.90 bits per heavy atom. The predicted molar refractivity (Wildman–Crippen MR) is 87.3 cm³/mol. The summed E-state index contributed by atoms with van der Waals surface area (Å²) in [7, 11) is 0. The summed E-state index contributed by atoms with van der Waals surface area (Å²) in [4.78, 5) is 2.93. The van der Waals surface area contributed by atoms with Gasteiger partial charge in [0.1, 0.15) is 0 Å². The SMILES string of the molecule is CCc1ccc(CC(N)C2CCc3ccccc3C2)s1. The van der Waals surface area contributed by atoms with Gasteiger partial charge in [-0.3, -0.25) is 0 Å². The molecule has 3 rings (SSSR count). The van der Waals surface area contributed by atoms with Crippen LogP contribution < -0.4 is 5.73 Å². The van der Waals surface area contributed by atoms with Crippen LogP contribution in [-0.2, 0) is 25.7 Å². The Labute approximate surface area is 125 Å². The van der Waals surface area contributed by atoms with E-state index in [9.17, 15) is 0 Å². The fraction of sp³-hybridized carbons (Fsp3) is 0.444. The summed E-state index contributed by atoms with van der Waals surface area (Å²) in [6, 6.07) is 13.7. The minimum Gasteiger partial charge on any atom is -0.327 e. The third kappa shape index (κ3) is 2.97. The molecule has 1 aromatic heterocycles. The lowest BCUT2D eigenvalue weighted by Crippen LogP contribution is -2.35. The fourth-order valence-corrected chi connectivity index (χ4v) is 4.24. The molecule has 1 aliphatic rings. The van der Waals surface area contributed by atoms with Crippen LogP contribution in [-0.4, -0.2) is 6.04 Å². The highest BCUT2D eigenvalue weighted by Gasteiger charge is 2.24. The predicted octanol–water partition coefficient (Wildman–Crippen LogP) is 3.99. The molecule has 1 heterocycles. The van der Waals surface area contributed by atoms with E-state index in [1.54, 1.807) is 0 Å². The molecule has 2 N–H and O–H groups in total. The Kier molecular flexibility index (Phi) is 4.23. The number of nitrogens with two attached hydrogens (primary N) is 1. The minimum absolute atomic E-state index is 0.298. The van der Waals surface area contributed by atoms with E-state index < -0.39 is 0 Å². The second-order valence-corrected chi connectivity index (χ2v) is 7.11. The second kappa shape index (κ2) is 6.11. The van der Waals surface area contributed by atoms with Crippen molar-refractivity contribution in [3.05, 3.63) is 57.3 Å². The quantitative estimate of drug-likeness (QED) is 0.903. The molecular formula is C18H23NS. The first-order chi connectivity index (χ1) is 9.76. The van der Waals surface area contributed by atoms with Crippen molar-refractivity contribution in [2.75, 3.05) is 0 Å². The van der Waals surface area contributed by atoms with E-state index in [1.807, 2.05) is 11.3 Å². The lowest BCUT2D eigenvalue weighted by Gasteiger charge is -2.29. The molecule has 0 fully saturated rings. The lowest BCUT2D eigenvalue weighted by atomic mass is 9.79. The van der Waals surface area contributed by atoms with Crippen LogP contribution in [0.25, 0.3) is 0 Å². The van der Waals surface area contributed by atoms with E-state index in [1.165, 1.54) is 33.7 Å². The normalized spacial score (nSPS) is 19.6. The summed E-state index contributed by atoms with van der Waals surface area (Å²) >= 11 is 1.93. The van der Waals surface area contributed by atoms with Gasteiger partial charge in [0.25, 0.3) is 0 Å². The number of benzene rings is 1. The highest BCUT2D eigenvalue weighted by molar-refractivity contribution is 7.11. The van der Waals surface area contributed by atoms with Gasteiger partial charge >= 0.3 is 0 Å². The lowest BCUT2D eigenvalue weighted by molar-refractivity contribution is 0.374. The van der Waals surface area contributed by atoms with Gasteiger partial charge in [0.15, 0.2) is 0 Å². The zero-order valence-corrected chi connectivity index (χ0v) is 13.0. The molecule has 1 aromatic carbocycles. The summed E-state index contributed by atoms with van der Waals surface area (Å²) in [5, 5.41) is 0. The van der Waals surface area contributed by atoms with Crippen LogP contribution in [0.4, 0.5) is 0 Å². The topological polar surface area (TPSA) is 26.0 Å². The average molecular weight is 285 g/mol.